The first kappa shape index (κ1) is 12.3. The van der Waals surface area contributed by atoms with Crippen LogP contribution in [0.2, 0.25) is 0 Å². The number of fused-ring (bicyclic) bond motifs is 1. The first-order valence-electron chi connectivity index (χ1n) is 5.80. The quantitative estimate of drug-likeness (QED) is 0.822. The molecule has 0 amide bonds. The third kappa shape index (κ3) is 3.41. The maximum Gasteiger partial charge on any atom is 0.123 e. The van der Waals surface area contributed by atoms with Crippen LogP contribution in [0.1, 0.15) is 26.3 Å². The minimum atomic E-state index is -0.225. The van der Waals surface area contributed by atoms with Crippen LogP contribution >= 0.6 is 0 Å². The summed E-state index contributed by atoms with van der Waals surface area (Å²) in [4.78, 5) is 5.41. The molecule has 0 saturated heterocycles. The summed E-state index contributed by atoms with van der Waals surface area (Å²) in [5.74, 6) is 0.556. The lowest BCUT2D eigenvalue weighted by Gasteiger charge is -2.20. The molecular formula is C13H18FNO2. The molecule has 1 N–H and O–H groups in total. The van der Waals surface area contributed by atoms with Gasteiger partial charge in [0.15, 0.2) is 0 Å². The van der Waals surface area contributed by atoms with Gasteiger partial charge in [-0.1, -0.05) is 0 Å². The van der Waals surface area contributed by atoms with E-state index in [4.69, 9.17) is 9.57 Å². The molecule has 3 nitrogen and oxygen atoms in total. The number of nitrogens with one attached hydrogen (secondary N) is 1. The lowest BCUT2D eigenvalue weighted by atomic mass is 10.1. The van der Waals surface area contributed by atoms with Crippen molar-refractivity contribution >= 4 is 0 Å². The highest BCUT2D eigenvalue weighted by molar-refractivity contribution is 5.37. The fourth-order valence-electron chi connectivity index (χ4n) is 1.75. The summed E-state index contributed by atoms with van der Waals surface area (Å²) in [6.45, 7) is 6.51. The van der Waals surface area contributed by atoms with Crippen LogP contribution in [0.3, 0.4) is 0 Å². The second-order valence-electron chi connectivity index (χ2n) is 5.26. The third-order valence-electron chi connectivity index (χ3n) is 2.45. The van der Waals surface area contributed by atoms with E-state index in [1.807, 2.05) is 20.8 Å². The molecular weight excluding hydrogens is 221 g/mol. The van der Waals surface area contributed by atoms with Crippen molar-refractivity contribution < 1.29 is 14.0 Å². The molecule has 0 aliphatic carbocycles. The summed E-state index contributed by atoms with van der Waals surface area (Å²) in [5.41, 5.74) is 3.60. The molecule has 1 unspecified atom stereocenters. The van der Waals surface area contributed by atoms with Gasteiger partial charge in [-0.3, -0.25) is 4.84 Å². The highest BCUT2D eigenvalue weighted by Gasteiger charge is 2.23. The van der Waals surface area contributed by atoms with Crippen LogP contribution in [-0.2, 0) is 11.3 Å². The Morgan fingerprint density at radius 1 is 1.47 bits per heavy atom. The molecule has 1 aliphatic heterocycles. The van der Waals surface area contributed by atoms with Crippen LogP contribution in [0.25, 0.3) is 0 Å². The van der Waals surface area contributed by atoms with Crippen LogP contribution in [0.15, 0.2) is 18.2 Å². The summed E-state index contributed by atoms with van der Waals surface area (Å²) in [5, 5.41) is 0. The maximum atomic E-state index is 13.0. The Morgan fingerprint density at radius 3 is 2.94 bits per heavy atom. The van der Waals surface area contributed by atoms with E-state index in [0.29, 0.717) is 13.0 Å². The Bertz CT molecular complexity index is 401. The van der Waals surface area contributed by atoms with Crippen molar-refractivity contribution in [2.75, 3.05) is 6.54 Å². The molecule has 0 spiro atoms. The summed E-state index contributed by atoms with van der Waals surface area (Å²) in [7, 11) is 0. The smallest absolute Gasteiger partial charge is 0.123 e. The minimum absolute atomic E-state index is 0.00847. The number of hydrogen-bond acceptors (Lipinski definition) is 3. The van der Waals surface area contributed by atoms with Gasteiger partial charge in [0, 0.05) is 12.0 Å². The molecule has 0 fully saturated rings. The van der Waals surface area contributed by atoms with Gasteiger partial charge in [-0.15, -0.1) is 0 Å². The molecule has 17 heavy (non-hydrogen) atoms. The number of rotatable bonds is 3. The second-order valence-corrected chi connectivity index (χ2v) is 5.26. The fraction of sp³-hybridized carbons (Fsp3) is 0.538. The van der Waals surface area contributed by atoms with Gasteiger partial charge >= 0.3 is 0 Å². The van der Waals surface area contributed by atoms with Crippen molar-refractivity contribution in [1.82, 2.24) is 5.48 Å². The molecule has 0 bridgehead atoms. The van der Waals surface area contributed by atoms with E-state index in [2.05, 4.69) is 5.48 Å². The molecule has 2 rings (SSSR count). The van der Waals surface area contributed by atoms with E-state index in [-0.39, 0.29) is 17.5 Å². The van der Waals surface area contributed by atoms with Crippen LogP contribution in [-0.4, -0.2) is 18.2 Å². The van der Waals surface area contributed by atoms with Crippen molar-refractivity contribution in [3.8, 4) is 5.75 Å². The lowest BCUT2D eigenvalue weighted by Crippen LogP contribution is -2.36. The zero-order valence-corrected chi connectivity index (χ0v) is 10.4. The van der Waals surface area contributed by atoms with Crippen molar-refractivity contribution in [2.24, 2.45) is 0 Å². The molecule has 4 heteroatoms. The van der Waals surface area contributed by atoms with Crippen molar-refractivity contribution in [3.05, 3.63) is 29.6 Å². The SMILES string of the molecule is CC(C)(C)ONCC1Cc2cc(F)ccc2O1. The number of benzene rings is 1. The Labute approximate surface area is 101 Å². The second kappa shape index (κ2) is 4.63. The van der Waals surface area contributed by atoms with E-state index < -0.39 is 0 Å². The highest BCUT2D eigenvalue weighted by Crippen LogP contribution is 2.28. The molecule has 1 aromatic rings. The Hall–Kier alpha value is -1.13. The van der Waals surface area contributed by atoms with Gasteiger partial charge in [0.2, 0.25) is 0 Å². The molecule has 0 radical (unpaired) electrons. The van der Waals surface area contributed by atoms with Gasteiger partial charge in [0.05, 0.1) is 12.1 Å². The number of hydrogen-bond donors (Lipinski definition) is 1. The molecule has 1 heterocycles. The Morgan fingerprint density at radius 2 is 2.24 bits per heavy atom. The predicted molar refractivity (Wildman–Crippen MR) is 63.4 cm³/mol. The zero-order chi connectivity index (χ0) is 12.5. The number of ether oxygens (including phenoxy) is 1. The highest BCUT2D eigenvalue weighted by atomic mass is 19.1. The third-order valence-corrected chi connectivity index (χ3v) is 2.45. The largest absolute Gasteiger partial charge is 0.488 e. The lowest BCUT2D eigenvalue weighted by molar-refractivity contribution is -0.0801. The van der Waals surface area contributed by atoms with Crippen LogP contribution < -0.4 is 10.2 Å². The van der Waals surface area contributed by atoms with Gasteiger partial charge in [-0.2, -0.15) is 5.48 Å². The van der Waals surface area contributed by atoms with E-state index in [0.717, 1.165) is 11.3 Å². The zero-order valence-electron chi connectivity index (χ0n) is 10.4. The first-order chi connectivity index (χ1) is 7.94. The molecule has 0 saturated carbocycles. The average molecular weight is 239 g/mol. The normalized spacial score (nSPS) is 18.9. The van der Waals surface area contributed by atoms with Gasteiger partial charge in [-0.25, -0.2) is 4.39 Å². The van der Waals surface area contributed by atoms with Gasteiger partial charge < -0.3 is 4.74 Å². The minimum Gasteiger partial charge on any atom is -0.488 e. The first-order valence-corrected chi connectivity index (χ1v) is 5.80. The molecule has 0 aromatic heterocycles. The van der Waals surface area contributed by atoms with E-state index in [1.165, 1.54) is 12.1 Å². The number of hydroxylamine groups is 1. The Balaban J connectivity index is 1.84. The topological polar surface area (TPSA) is 30.5 Å². The molecule has 1 aromatic carbocycles. The molecule has 1 atom stereocenters. The maximum absolute atomic E-state index is 13.0. The van der Waals surface area contributed by atoms with Crippen LogP contribution in [0.5, 0.6) is 5.75 Å². The van der Waals surface area contributed by atoms with Gasteiger partial charge in [-0.05, 0) is 39.0 Å². The van der Waals surface area contributed by atoms with E-state index >= 15 is 0 Å². The Kier molecular flexibility index (Phi) is 3.35. The summed E-state index contributed by atoms with van der Waals surface area (Å²) >= 11 is 0. The summed E-state index contributed by atoms with van der Waals surface area (Å²) in [6, 6.07) is 4.62. The van der Waals surface area contributed by atoms with E-state index in [9.17, 15) is 4.39 Å². The average Bonchev–Trinajstić information content (AvgIpc) is 2.57. The summed E-state index contributed by atoms with van der Waals surface area (Å²) < 4.78 is 18.7. The van der Waals surface area contributed by atoms with Crippen LogP contribution in [0.4, 0.5) is 4.39 Å². The molecule has 1 aliphatic rings. The molecule has 94 valence electrons. The van der Waals surface area contributed by atoms with Crippen molar-refractivity contribution in [2.45, 2.75) is 38.9 Å². The predicted octanol–water partition coefficient (Wildman–Crippen LogP) is 2.45. The van der Waals surface area contributed by atoms with Crippen molar-refractivity contribution in [1.29, 1.82) is 0 Å². The monoisotopic (exact) mass is 239 g/mol. The number of halogens is 1. The van der Waals surface area contributed by atoms with Gasteiger partial charge in [0.1, 0.15) is 17.7 Å². The van der Waals surface area contributed by atoms with Crippen LogP contribution in [0, 0.1) is 5.82 Å². The van der Waals surface area contributed by atoms with E-state index in [1.54, 1.807) is 6.07 Å². The standard InChI is InChI=1S/C13H18FNO2/c1-13(2,3)17-15-8-11-7-9-6-10(14)4-5-12(9)16-11/h4-6,11,15H,7-8H2,1-3H3. The van der Waals surface area contributed by atoms with Crippen molar-refractivity contribution in [3.63, 3.8) is 0 Å². The fourth-order valence-corrected chi connectivity index (χ4v) is 1.75. The van der Waals surface area contributed by atoms with Gasteiger partial charge in [0.25, 0.3) is 0 Å². The summed E-state index contributed by atoms with van der Waals surface area (Å²) in [6.07, 6.45) is 0.724.